The highest BCUT2D eigenvalue weighted by molar-refractivity contribution is 5.82. The van der Waals surface area contributed by atoms with E-state index in [1.807, 2.05) is 39.1 Å². The molecule has 0 saturated heterocycles. The van der Waals surface area contributed by atoms with Gasteiger partial charge in [0.1, 0.15) is 11.6 Å². The van der Waals surface area contributed by atoms with Crippen LogP contribution in [0.5, 0.6) is 0 Å². The summed E-state index contributed by atoms with van der Waals surface area (Å²) in [5.41, 5.74) is -0.466. The molecule has 0 unspecified atom stereocenters. The van der Waals surface area contributed by atoms with Crippen molar-refractivity contribution in [1.82, 2.24) is 10.3 Å². The van der Waals surface area contributed by atoms with Gasteiger partial charge in [0.05, 0.1) is 5.41 Å². The summed E-state index contributed by atoms with van der Waals surface area (Å²) in [7, 11) is 3.46. The minimum atomic E-state index is -0.466. The number of nitrogens with one attached hydrogen (secondary N) is 3. The number of hydrogen-bond donors (Lipinski definition) is 3. The van der Waals surface area contributed by atoms with Crippen LogP contribution in [0.2, 0.25) is 0 Å². The van der Waals surface area contributed by atoms with Crippen molar-refractivity contribution in [3.05, 3.63) is 18.2 Å². The van der Waals surface area contributed by atoms with E-state index in [-0.39, 0.29) is 5.91 Å². The van der Waals surface area contributed by atoms with E-state index in [1.165, 1.54) is 0 Å². The first kappa shape index (κ1) is 13.3. The third kappa shape index (κ3) is 3.62. The van der Waals surface area contributed by atoms with Gasteiger partial charge in [-0.3, -0.25) is 4.79 Å². The van der Waals surface area contributed by atoms with E-state index in [4.69, 9.17) is 0 Å². The van der Waals surface area contributed by atoms with Crippen molar-refractivity contribution in [2.24, 2.45) is 5.41 Å². The van der Waals surface area contributed by atoms with Crippen LogP contribution in [0.3, 0.4) is 0 Å². The number of hydrogen-bond acceptors (Lipinski definition) is 4. The molecule has 5 nitrogen and oxygen atoms in total. The Morgan fingerprint density at radius 1 is 1.29 bits per heavy atom. The van der Waals surface area contributed by atoms with Gasteiger partial charge in [0.2, 0.25) is 5.91 Å². The van der Waals surface area contributed by atoms with Crippen molar-refractivity contribution in [2.75, 3.05) is 31.3 Å². The number of amides is 1. The SMILES string of the molecule is CNC(=O)C(C)(C)CNc1cccc(NC)n1. The molecule has 0 fully saturated rings. The van der Waals surface area contributed by atoms with E-state index in [9.17, 15) is 4.79 Å². The number of anilines is 2. The Hall–Kier alpha value is -1.78. The number of carbonyl (C=O) groups is 1. The Morgan fingerprint density at radius 2 is 1.94 bits per heavy atom. The fourth-order valence-electron chi connectivity index (χ4n) is 1.40. The number of carbonyl (C=O) groups excluding carboxylic acids is 1. The number of pyridine rings is 1. The average Bonchev–Trinajstić information content (AvgIpc) is 2.35. The van der Waals surface area contributed by atoms with E-state index in [0.29, 0.717) is 6.54 Å². The largest absolute Gasteiger partial charge is 0.373 e. The number of nitrogens with zero attached hydrogens (tertiary/aromatic N) is 1. The molecule has 0 atom stereocenters. The lowest BCUT2D eigenvalue weighted by Crippen LogP contribution is -2.39. The van der Waals surface area contributed by atoms with E-state index >= 15 is 0 Å². The van der Waals surface area contributed by atoms with Crippen molar-refractivity contribution in [3.8, 4) is 0 Å². The first-order valence-corrected chi connectivity index (χ1v) is 5.60. The van der Waals surface area contributed by atoms with Crippen LogP contribution in [0, 0.1) is 5.41 Å². The summed E-state index contributed by atoms with van der Waals surface area (Å²) in [4.78, 5) is 15.9. The summed E-state index contributed by atoms with van der Waals surface area (Å²) >= 11 is 0. The third-order valence-corrected chi connectivity index (χ3v) is 2.56. The quantitative estimate of drug-likeness (QED) is 0.721. The predicted molar refractivity (Wildman–Crippen MR) is 70.1 cm³/mol. The maximum Gasteiger partial charge on any atom is 0.227 e. The predicted octanol–water partition coefficient (Wildman–Crippen LogP) is 1.31. The molecular formula is C12H20N4O. The molecule has 5 heteroatoms. The highest BCUT2D eigenvalue weighted by atomic mass is 16.2. The average molecular weight is 236 g/mol. The van der Waals surface area contributed by atoms with Crippen LogP contribution < -0.4 is 16.0 Å². The monoisotopic (exact) mass is 236 g/mol. The lowest BCUT2D eigenvalue weighted by Gasteiger charge is -2.23. The van der Waals surface area contributed by atoms with Crippen molar-refractivity contribution < 1.29 is 4.79 Å². The first-order valence-electron chi connectivity index (χ1n) is 5.60. The van der Waals surface area contributed by atoms with E-state index in [2.05, 4.69) is 20.9 Å². The summed E-state index contributed by atoms with van der Waals surface area (Å²) in [6.45, 7) is 4.31. The maximum atomic E-state index is 11.6. The third-order valence-electron chi connectivity index (χ3n) is 2.56. The van der Waals surface area contributed by atoms with Crippen LogP contribution in [0.25, 0.3) is 0 Å². The molecule has 0 aliphatic carbocycles. The van der Waals surface area contributed by atoms with Crippen molar-refractivity contribution in [1.29, 1.82) is 0 Å². The summed E-state index contributed by atoms with van der Waals surface area (Å²) < 4.78 is 0. The summed E-state index contributed by atoms with van der Waals surface area (Å²) in [6, 6.07) is 5.67. The van der Waals surface area contributed by atoms with Crippen LogP contribution in [-0.2, 0) is 4.79 Å². The Balaban J connectivity index is 2.63. The fraction of sp³-hybridized carbons (Fsp3) is 0.500. The van der Waals surface area contributed by atoms with Gasteiger partial charge in [-0.1, -0.05) is 6.07 Å². The van der Waals surface area contributed by atoms with Gasteiger partial charge in [-0.25, -0.2) is 4.98 Å². The van der Waals surface area contributed by atoms with Gasteiger partial charge in [-0.2, -0.15) is 0 Å². The van der Waals surface area contributed by atoms with Crippen LogP contribution in [0.1, 0.15) is 13.8 Å². The van der Waals surface area contributed by atoms with Gasteiger partial charge in [0, 0.05) is 20.6 Å². The standard InChI is InChI=1S/C12H20N4O/c1-12(2,11(17)14-4)8-15-10-7-5-6-9(13-3)16-10/h5-7H,8H2,1-4H3,(H,14,17)(H2,13,15,16). The summed E-state index contributed by atoms with van der Waals surface area (Å²) in [5, 5.41) is 8.78. The molecule has 1 rings (SSSR count). The van der Waals surface area contributed by atoms with Crippen LogP contribution in [-0.4, -0.2) is 31.5 Å². The molecule has 17 heavy (non-hydrogen) atoms. The normalized spacial score (nSPS) is 10.8. The lowest BCUT2D eigenvalue weighted by molar-refractivity contribution is -0.128. The molecule has 1 aromatic heterocycles. The van der Waals surface area contributed by atoms with Gasteiger partial charge in [0.15, 0.2) is 0 Å². The van der Waals surface area contributed by atoms with Crippen molar-refractivity contribution in [2.45, 2.75) is 13.8 Å². The highest BCUT2D eigenvalue weighted by Crippen LogP contribution is 2.16. The maximum absolute atomic E-state index is 11.6. The molecule has 94 valence electrons. The van der Waals surface area contributed by atoms with Gasteiger partial charge in [0.25, 0.3) is 0 Å². The van der Waals surface area contributed by atoms with E-state index in [1.54, 1.807) is 7.05 Å². The molecule has 0 aliphatic heterocycles. The van der Waals surface area contributed by atoms with Crippen molar-refractivity contribution >= 4 is 17.5 Å². The van der Waals surface area contributed by atoms with Crippen LogP contribution in [0.4, 0.5) is 11.6 Å². The molecule has 0 saturated carbocycles. The zero-order valence-corrected chi connectivity index (χ0v) is 10.8. The Morgan fingerprint density at radius 3 is 2.53 bits per heavy atom. The second-order valence-electron chi connectivity index (χ2n) is 4.47. The molecule has 1 heterocycles. The second kappa shape index (κ2) is 5.52. The molecule has 0 aliphatic rings. The fourth-order valence-corrected chi connectivity index (χ4v) is 1.40. The van der Waals surface area contributed by atoms with Gasteiger partial charge in [-0.05, 0) is 26.0 Å². The Labute approximate surface area is 102 Å². The van der Waals surface area contributed by atoms with Gasteiger partial charge < -0.3 is 16.0 Å². The van der Waals surface area contributed by atoms with Crippen LogP contribution in [0.15, 0.2) is 18.2 Å². The minimum absolute atomic E-state index is 0.00905. The Kier molecular flexibility index (Phi) is 4.31. The second-order valence-corrected chi connectivity index (χ2v) is 4.47. The van der Waals surface area contributed by atoms with E-state index < -0.39 is 5.41 Å². The summed E-state index contributed by atoms with van der Waals surface area (Å²) in [5.74, 6) is 1.57. The minimum Gasteiger partial charge on any atom is -0.373 e. The molecule has 0 aromatic carbocycles. The summed E-state index contributed by atoms with van der Waals surface area (Å²) in [6.07, 6.45) is 0. The van der Waals surface area contributed by atoms with E-state index in [0.717, 1.165) is 11.6 Å². The van der Waals surface area contributed by atoms with Crippen LogP contribution >= 0.6 is 0 Å². The molecule has 1 amide bonds. The van der Waals surface area contributed by atoms with Gasteiger partial charge >= 0.3 is 0 Å². The molecule has 0 radical (unpaired) electrons. The smallest absolute Gasteiger partial charge is 0.227 e. The lowest BCUT2D eigenvalue weighted by atomic mass is 9.92. The molecule has 1 aromatic rings. The molecule has 0 bridgehead atoms. The molecule has 0 spiro atoms. The van der Waals surface area contributed by atoms with Crippen molar-refractivity contribution in [3.63, 3.8) is 0 Å². The first-order chi connectivity index (χ1) is 7.99. The topological polar surface area (TPSA) is 66.1 Å². The zero-order chi connectivity index (χ0) is 12.9. The number of aromatic nitrogens is 1. The van der Waals surface area contributed by atoms with Gasteiger partial charge in [-0.15, -0.1) is 0 Å². The molecule has 3 N–H and O–H groups in total. The highest BCUT2D eigenvalue weighted by Gasteiger charge is 2.26. The molecular weight excluding hydrogens is 216 g/mol. The number of rotatable bonds is 5. The zero-order valence-electron chi connectivity index (χ0n) is 10.8. The Bertz CT molecular complexity index is 390.